The maximum atomic E-state index is 12.6. The van der Waals surface area contributed by atoms with Gasteiger partial charge in [-0.3, -0.25) is 9.59 Å². The van der Waals surface area contributed by atoms with Crippen LogP contribution in [-0.2, 0) is 0 Å². The number of hydrogen-bond acceptors (Lipinski definition) is 3. The van der Waals surface area contributed by atoms with Gasteiger partial charge in [0.25, 0.3) is 11.8 Å². The summed E-state index contributed by atoms with van der Waals surface area (Å²) in [5, 5.41) is 0. The van der Waals surface area contributed by atoms with Crippen molar-refractivity contribution in [1.29, 1.82) is 0 Å². The van der Waals surface area contributed by atoms with Gasteiger partial charge in [0, 0.05) is 37.6 Å². The molecule has 122 valence electrons. The van der Waals surface area contributed by atoms with Crippen molar-refractivity contribution in [2.45, 2.75) is 13.8 Å². The van der Waals surface area contributed by atoms with Gasteiger partial charge in [0.2, 0.25) is 0 Å². The lowest BCUT2D eigenvalue weighted by Crippen LogP contribution is -2.50. The maximum absolute atomic E-state index is 12.6. The molecular formula is C16H18ClN3O2S. The van der Waals surface area contributed by atoms with Crippen LogP contribution in [0.25, 0.3) is 0 Å². The molecule has 1 saturated heterocycles. The van der Waals surface area contributed by atoms with Gasteiger partial charge in [-0.1, -0.05) is 11.6 Å². The summed E-state index contributed by atoms with van der Waals surface area (Å²) >= 11 is 7.17. The Balaban J connectivity index is 1.63. The highest BCUT2D eigenvalue weighted by molar-refractivity contribution is 7.17. The summed E-state index contributed by atoms with van der Waals surface area (Å²) in [4.78, 5) is 32.3. The van der Waals surface area contributed by atoms with Crippen LogP contribution in [0.3, 0.4) is 0 Å². The third-order valence-electron chi connectivity index (χ3n) is 4.02. The number of nitrogens with one attached hydrogen (secondary N) is 1. The van der Waals surface area contributed by atoms with Crippen molar-refractivity contribution in [2.75, 3.05) is 26.2 Å². The Labute approximate surface area is 143 Å². The lowest BCUT2D eigenvalue weighted by Gasteiger charge is -2.34. The SMILES string of the molecule is Cc1cc(C(=O)N2CCN(C(=O)c3ccc(Cl)s3)CC2)c(C)[nH]1. The highest BCUT2D eigenvalue weighted by Crippen LogP contribution is 2.23. The number of thiophene rings is 1. The Morgan fingerprint density at radius 1 is 1.09 bits per heavy atom. The minimum Gasteiger partial charge on any atom is -0.362 e. The van der Waals surface area contributed by atoms with Crippen LogP contribution >= 0.6 is 22.9 Å². The third-order valence-corrected chi connectivity index (χ3v) is 5.24. The van der Waals surface area contributed by atoms with E-state index in [0.717, 1.165) is 11.4 Å². The Morgan fingerprint density at radius 2 is 1.70 bits per heavy atom. The minimum absolute atomic E-state index is 0.0114. The summed E-state index contributed by atoms with van der Waals surface area (Å²) in [5.41, 5.74) is 2.58. The fraction of sp³-hybridized carbons (Fsp3) is 0.375. The molecule has 2 amide bonds. The zero-order valence-corrected chi connectivity index (χ0v) is 14.6. The number of hydrogen-bond donors (Lipinski definition) is 1. The monoisotopic (exact) mass is 351 g/mol. The highest BCUT2D eigenvalue weighted by atomic mass is 35.5. The molecule has 0 aliphatic carbocycles. The molecule has 1 N–H and O–H groups in total. The van der Waals surface area contributed by atoms with Crippen LogP contribution in [0.5, 0.6) is 0 Å². The zero-order chi connectivity index (χ0) is 16.6. The van der Waals surface area contributed by atoms with Crippen molar-refractivity contribution in [2.24, 2.45) is 0 Å². The Kier molecular flexibility index (Phi) is 4.46. The quantitative estimate of drug-likeness (QED) is 0.904. The minimum atomic E-state index is -0.0114. The van der Waals surface area contributed by atoms with Crippen LogP contribution in [0.1, 0.15) is 31.4 Å². The summed E-state index contributed by atoms with van der Waals surface area (Å²) in [6.45, 7) is 6.03. The van der Waals surface area contributed by atoms with Gasteiger partial charge in [-0.2, -0.15) is 0 Å². The molecule has 1 aliphatic rings. The van der Waals surface area contributed by atoms with Crippen LogP contribution in [0.4, 0.5) is 0 Å². The molecule has 0 bridgehead atoms. The molecule has 0 saturated carbocycles. The number of H-pyrrole nitrogens is 1. The van der Waals surface area contributed by atoms with E-state index < -0.39 is 0 Å². The lowest BCUT2D eigenvalue weighted by molar-refractivity contribution is 0.0537. The van der Waals surface area contributed by atoms with Crippen molar-refractivity contribution in [1.82, 2.24) is 14.8 Å². The number of nitrogens with zero attached hydrogens (tertiary/aromatic N) is 2. The van der Waals surface area contributed by atoms with E-state index in [1.54, 1.807) is 21.9 Å². The van der Waals surface area contributed by atoms with E-state index in [-0.39, 0.29) is 11.8 Å². The molecule has 0 aromatic carbocycles. The smallest absolute Gasteiger partial charge is 0.264 e. The van der Waals surface area contributed by atoms with Gasteiger partial charge in [0.15, 0.2) is 0 Å². The average Bonchev–Trinajstić information content (AvgIpc) is 3.11. The van der Waals surface area contributed by atoms with Crippen molar-refractivity contribution in [3.8, 4) is 0 Å². The van der Waals surface area contributed by atoms with Gasteiger partial charge in [-0.15, -0.1) is 11.3 Å². The number of piperazine rings is 1. The van der Waals surface area contributed by atoms with E-state index in [1.807, 2.05) is 19.9 Å². The fourth-order valence-corrected chi connectivity index (χ4v) is 3.83. The van der Waals surface area contributed by atoms with E-state index in [2.05, 4.69) is 4.98 Å². The number of rotatable bonds is 2. The predicted octanol–water partition coefficient (Wildman–Crippen LogP) is 2.94. The number of carbonyl (C=O) groups excluding carboxylic acids is 2. The van der Waals surface area contributed by atoms with Crippen LogP contribution in [0, 0.1) is 13.8 Å². The number of carbonyl (C=O) groups is 2. The molecule has 2 aromatic rings. The maximum Gasteiger partial charge on any atom is 0.264 e. The van der Waals surface area contributed by atoms with Gasteiger partial charge < -0.3 is 14.8 Å². The number of aromatic amines is 1. The molecule has 5 nitrogen and oxygen atoms in total. The first-order chi connectivity index (χ1) is 11.0. The second kappa shape index (κ2) is 6.37. The van der Waals surface area contributed by atoms with E-state index in [1.165, 1.54) is 11.3 Å². The van der Waals surface area contributed by atoms with E-state index in [9.17, 15) is 9.59 Å². The molecule has 1 fully saturated rings. The van der Waals surface area contributed by atoms with Crippen LogP contribution < -0.4 is 0 Å². The fourth-order valence-electron chi connectivity index (χ4n) is 2.81. The highest BCUT2D eigenvalue weighted by Gasteiger charge is 2.27. The topological polar surface area (TPSA) is 56.4 Å². The first-order valence-corrected chi connectivity index (χ1v) is 8.65. The average molecular weight is 352 g/mol. The molecule has 0 radical (unpaired) electrons. The van der Waals surface area contributed by atoms with Gasteiger partial charge in [-0.25, -0.2) is 0 Å². The molecule has 23 heavy (non-hydrogen) atoms. The van der Waals surface area contributed by atoms with Crippen LogP contribution in [0.2, 0.25) is 4.34 Å². The summed E-state index contributed by atoms with van der Waals surface area (Å²) < 4.78 is 0.612. The predicted molar refractivity (Wildman–Crippen MR) is 91.4 cm³/mol. The summed E-state index contributed by atoms with van der Waals surface area (Å²) in [5.74, 6) is 0.0146. The second-order valence-electron chi connectivity index (χ2n) is 5.68. The summed E-state index contributed by atoms with van der Waals surface area (Å²) in [6.07, 6.45) is 0. The Bertz CT molecular complexity index is 744. The van der Waals surface area contributed by atoms with E-state index in [4.69, 9.17) is 11.6 Å². The van der Waals surface area contributed by atoms with E-state index in [0.29, 0.717) is 41.0 Å². The Morgan fingerprint density at radius 3 is 2.17 bits per heavy atom. The standard InChI is InChI=1S/C16H18ClN3O2S/c1-10-9-12(11(2)18-10)15(21)19-5-7-20(8-6-19)16(22)13-3-4-14(17)23-13/h3-4,9,18H,5-8H2,1-2H3. The van der Waals surface area contributed by atoms with Crippen molar-refractivity contribution < 1.29 is 9.59 Å². The van der Waals surface area contributed by atoms with Gasteiger partial charge in [-0.05, 0) is 32.0 Å². The zero-order valence-electron chi connectivity index (χ0n) is 13.1. The summed E-state index contributed by atoms with van der Waals surface area (Å²) in [6, 6.07) is 5.36. The number of amides is 2. The van der Waals surface area contributed by atoms with Crippen molar-refractivity contribution >= 4 is 34.8 Å². The molecule has 0 spiro atoms. The molecule has 3 rings (SSSR count). The largest absolute Gasteiger partial charge is 0.362 e. The number of aromatic nitrogens is 1. The lowest BCUT2D eigenvalue weighted by atomic mass is 10.2. The van der Waals surface area contributed by atoms with Crippen molar-refractivity contribution in [3.05, 3.63) is 44.4 Å². The number of halogens is 1. The van der Waals surface area contributed by atoms with Crippen molar-refractivity contribution in [3.63, 3.8) is 0 Å². The molecular weight excluding hydrogens is 334 g/mol. The normalized spacial score (nSPS) is 15.1. The molecule has 1 aliphatic heterocycles. The van der Waals surface area contributed by atoms with Gasteiger partial charge >= 0.3 is 0 Å². The second-order valence-corrected chi connectivity index (χ2v) is 7.39. The Hall–Kier alpha value is -1.79. The number of aryl methyl sites for hydroxylation is 2. The molecule has 3 heterocycles. The molecule has 0 unspecified atom stereocenters. The molecule has 2 aromatic heterocycles. The summed E-state index contributed by atoms with van der Waals surface area (Å²) in [7, 11) is 0. The van der Waals surface area contributed by atoms with Crippen LogP contribution in [-0.4, -0.2) is 52.8 Å². The van der Waals surface area contributed by atoms with Gasteiger partial charge in [0.05, 0.1) is 14.8 Å². The van der Waals surface area contributed by atoms with Gasteiger partial charge in [0.1, 0.15) is 0 Å². The first-order valence-electron chi connectivity index (χ1n) is 7.46. The van der Waals surface area contributed by atoms with Crippen LogP contribution in [0.15, 0.2) is 18.2 Å². The third kappa shape index (κ3) is 3.28. The molecule has 7 heteroatoms. The first kappa shape index (κ1) is 16.1. The molecule has 0 atom stereocenters. The van der Waals surface area contributed by atoms with E-state index >= 15 is 0 Å².